The number of hydrogen-bond acceptors (Lipinski definition) is 1. The van der Waals surface area contributed by atoms with E-state index in [9.17, 15) is 4.79 Å². The topological polar surface area (TPSA) is 17.1 Å². The van der Waals surface area contributed by atoms with Crippen LogP contribution < -0.4 is 0 Å². The molecule has 0 N–H and O–H groups in total. The largest absolute Gasteiger partial charge is 0.295 e. The zero-order valence-corrected chi connectivity index (χ0v) is 10.6. The molecule has 0 bridgehead atoms. The summed E-state index contributed by atoms with van der Waals surface area (Å²) in [6, 6.07) is 0. The Morgan fingerprint density at radius 1 is 1.38 bits per heavy atom. The molecule has 1 nitrogen and oxygen atoms in total. The number of carbonyl (C=O) groups excluding carboxylic acids is 1. The lowest BCUT2D eigenvalue weighted by molar-refractivity contribution is -0.116. The molecule has 0 fully saturated rings. The van der Waals surface area contributed by atoms with Crippen molar-refractivity contribution in [1.82, 2.24) is 0 Å². The Balaban J connectivity index is 2.49. The summed E-state index contributed by atoms with van der Waals surface area (Å²) in [5.41, 5.74) is 4.21. The molecule has 0 spiro atoms. The Labute approximate surface area is 97.9 Å². The third kappa shape index (κ3) is 1.68. The zero-order valence-electron chi connectivity index (χ0n) is 10.6. The highest BCUT2D eigenvalue weighted by Gasteiger charge is 2.40. The lowest BCUT2D eigenvalue weighted by Crippen LogP contribution is -2.34. The van der Waals surface area contributed by atoms with Gasteiger partial charge in [-0.3, -0.25) is 4.79 Å². The molecule has 0 aromatic carbocycles. The first-order valence-corrected chi connectivity index (χ1v) is 6.03. The van der Waals surface area contributed by atoms with Crippen LogP contribution in [-0.4, -0.2) is 5.78 Å². The molecule has 0 aromatic heterocycles. The van der Waals surface area contributed by atoms with E-state index in [0.29, 0.717) is 12.3 Å². The minimum absolute atomic E-state index is 0.162. The first kappa shape index (κ1) is 11.4. The maximum Gasteiger partial charge on any atom is 0.156 e. The van der Waals surface area contributed by atoms with Crippen LogP contribution in [-0.2, 0) is 4.79 Å². The van der Waals surface area contributed by atoms with Crippen molar-refractivity contribution in [3.63, 3.8) is 0 Å². The van der Waals surface area contributed by atoms with Crippen molar-refractivity contribution in [2.45, 2.75) is 40.5 Å². The van der Waals surface area contributed by atoms with E-state index in [1.165, 1.54) is 16.7 Å². The van der Waals surface area contributed by atoms with Crippen molar-refractivity contribution in [3.8, 4) is 0 Å². The fraction of sp³-hybridized carbons (Fsp3) is 0.533. The van der Waals surface area contributed by atoms with Crippen molar-refractivity contribution in [3.05, 3.63) is 34.9 Å². The van der Waals surface area contributed by atoms with Gasteiger partial charge >= 0.3 is 0 Å². The van der Waals surface area contributed by atoms with Gasteiger partial charge in [-0.05, 0) is 48.8 Å². The highest BCUT2D eigenvalue weighted by atomic mass is 16.1. The van der Waals surface area contributed by atoms with E-state index >= 15 is 0 Å². The van der Waals surface area contributed by atoms with Crippen LogP contribution in [0.4, 0.5) is 0 Å². The van der Waals surface area contributed by atoms with Crippen molar-refractivity contribution >= 4 is 5.78 Å². The lowest BCUT2D eigenvalue weighted by atomic mass is 9.61. The molecule has 2 aliphatic rings. The molecule has 0 saturated heterocycles. The van der Waals surface area contributed by atoms with Gasteiger partial charge in [0.15, 0.2) is 5.78 Å². The predicted octanol–water partition coefficient (Wildman–Crippen LogP) is 3.82. The normalized spacial score (nSPS) is 33.5. The highest BCUT2D eigenvalue weighted by Crippen LogP contribution is 2.49. The van der Waals surface area contributed by atoms with Gasteiger partial charge in [0.2, 0.25) is 0 Å². The minimum Gasteiger partial charge on any atom is -0.295 e. The Kier molecular flexibility index (Phi) is 2.65. The van der Waals surface area contributed by atoms with Crippen molar-refractivity contribution in [1.29, 1.82) is 0 Å². The fourth-order valence-corrected chi connectivity index (χ4v) is 2.71. The van der Waals surface area contributed by atoms with Gasteiger partial charge in [0.25, 0.3) is 0 Å². The van der Waals surface area contributed by atoms with Crippen LogP contribution in [0.25, 0.3) is 0 Å². The van der Waals surface area contributed by atoms with E-state index in [4.69, 9.17) is 0 Å². The Hall–Kier alpha value is -1.11. The SMILES string of the molecule is CC(C)=C1C=CC2=CC(=O)C[C@@H](C)[C@]2(C)C1. The van der Waals surface area contributed by atoms with E-state index in [0.717, 1.165) is 6.42 Å². The van der Waals surface area contributed by atoms with Crippen molar-refractivity contribution in [2.75, 3.05) is 0 Å². The van der Waals surface area contributed by atoms with E-state index < -0.39 is 0 Å². The smallest absolute Gasteiger partial charge is 0.156 e. The summed E-state index contributed by atoms with van der Waals surface area (Å²) in [4.78, 5) is 11.6. The van der Waals surface area contributed by atoms with Crippen molar-refractivity contribution in [2.24, 2.45) is 11.3 Å². The van der Waals surface area contributed by atoms with E-state index in [2.05, 4.69) is 39.8 Å². The van der Waals surface area contributed by atoms with E-state index in [1.807, 2.05) is 6.08 Å². The lowest BCUT2D eigenvalue weighted by Gasteiger charge is -2.42. The summed E-state index contributed by atoms with van der Waals surface area (Å²) in [5, 5.41) is 0. The van der Waals surface area contributed by atoms with E-state index in [1.54, 1.807) is 0 Å². The predicted molar refractivity (Wildman–Crippen MR) is 67.1 cm³/mol. The molecule has 0 amide bonds. The maximum atomic E-state index is 11.6. The second-order valence-corrected chi connectivity index (χ2v) is 5.62. The van der Waals surface area contributed by atoms with Crippen molar-refractivity contribution < 1.29 is 4.79 Å². The minimum atomic E-state index is 0.162. The molecular formula is C15H20O. The van der Waals surface area contributed by atoms with Crippen LogP contribution in [0.2, 0.25) is 0 Å². The second-order valence-electron chi connectivity index (χ2n) is 5.62. The standard InChI is InChI=1S/C15H20O/c1-10(2)12-5-6-13-8-14(16)7-11(3)15(13,4)9-12/h5-6,8,11H,7,9H2,1-4H3/t11-,15+/m1/s1. The molecule has 0 aliphatic heterocycles. The molecule has 86 valence electrons. The Bertz CT molecular complexity index is 419. The average molecular weight is 216 g/mol. The molecular weight excluding hydrogens is 196 g/mol. The van der Waals surface area contributed by atoms with Crippen LogP contribution in [0.3, 0.4) is 0 Å². The summed E-state index contributed by atoms with van der Waals surface area (Å²) in [6.45, 7) is 8.82. The molecule has 0 unspecified atom stereocenters. The summed E-state index contributed by atoms with van der Waals surface area (Å²) in [7, 11) is 0. The quantitative estimate of drug-likeness (QED) is 0.601. The Morgan fingerprint density at radius 2 is 2.06 bits per heavy atom. The second kappa shape index (κ2) is 3.73. The van der Waals surface area contributed by atoms with Crippen LogP contribution in [0.1, 0.15) is 40.5 Å². The van der Waals surface area contributed by atoms with Gasteiger partial charge in [-0.25, -0.2) is 0 Å². The molecule has 1 heteroatoms. The van der Waals surface area contributed by atoms with Crippen LogP contribution in [0, 0.1) is 11.3 Å². The molecule has 0 saturated carbocycles. The van der Waals surface area contributed by atoms with Crippen LogP contribution >= 0.6 is 0 Å². The monoisotopic (exact) mass is 216 g/mol. The third-order valence-corrected chi connectivity index (χ3v) is 4.23. The van der Waals surface area contributed by atoms with Crippen LogP contribution in [0.15, 0.2) is 34.9 Å². The first-order valence-electron chi connectivity index (χ1n) is 6.03. The van der Waals surface area contributed by atoms with Gasteiger partial charge in [0, 0.05) is 6.42 Å². The van der Waals surface area contributed by atoms with Crippen LogP contribution in [0.5, 0.6) is 0 Å². The first-order chi connectivity index (χ1) is 7.43. The van der Waals surface area contributed by atoms with Gasteiger partial charge in [0.1, 0.15) is 0 Å². The number of allylic oxidation sites excluding steroid dienone is 6. The molecule has 0 radical (unpaired) electrons. The summed E-state index contributed by atoms with van der Waals surface area (Å²) in [6.07, 6.45) is 7.93. The molecule has 2 aliphatic carbocycles. The number of carbonyl (C=O) groups is 1. The zero-order chi connectivity index (χ0) is 11.9. The molecule has 2 atom stereocenters. The van der Waals surface area contributed by atoms with Gasteiger partial charge in [0.05, 0.1) is 0 Å². The number of hydrogen-bond donors (Lipinski definition) is 0. The maximum absolute atomic E-state index is 11.6. The Morgan fingerprint density at radius 3 is 2.69 bits per heavy atom. The number of fused-ring (bicyclic) bond motifs is 1. The number of rotatable bonds is 0. The fourth-order valence-electron chi connectivity index (χ4n) is 2.71. The molecule has 0 heterocycles. The van der Waals surface area contributed by atoms with E-state index in [-0.39, 0.29) is 11.2 Å². The number of ketones is 1. The molecule has 16 heavy (non-hydrogen) atoms. The summed E-state index contributed by atoms with van der Waals surface area (Å²) >= 11 is 0. The van der Waals surface area contributed by atoms with Gasteiger partial charge in [-0.1, -0.05) is 31.6 Å². The summed E-state index contributed by atoms with van der Waals surface area (Å²) in [5.74, 6) is 0.726. The van der Waals surface area contributed by atoms with Gasteiger partial charge < -0.3 is 0 Å². The highest BCUT2D eigenvalue weighted by molar-refractivity contribution is 5.92. The summed E-state index contributed by atoms with van der Waals surface area (Å²) < 4.78 is 0. The molecule has 0 aromatic rings. The third-order valence-electron chi connectivity index (χ3n) is 4.23. The van der Waals surface area contributed by atoms with Gasteiger partial charge in [-0.15, -0.1) is 0 Å². The van der Waals surface area contributed by atoms with Gasteiger partial charge in [-0.2, -0.15) is 0 Å². The average Bonchev–Trinajstić information content (AvgIpc) is 2.19. The molecule has 2 rings (SSSR count).